The van der Waals surface area contributed by atoms with Crippen LogP contribution >= 0.6 is 0 Å². The number of carbonyl (C=O) groups excluding carboxylic acids is 2. The minimum Gasteiger partial charge on any atom is -0.376 e. The third-order valence-corrected chi connectivity index (χ3v) is 8.07. The molecule has 5 N–H and O–H groups in total. The Morgan fingerprint density at radius 1 is 1.17 bits per heavy atom. The lowest BCUT2D eigenvalue weighted by atomic mass is 9.79. The largest absolute Gasteiger partial charge is 0.376 e. The van der Waals surface area contributed by atoms with Gasteiger partial charge in [-0.2, -0.15) is 0 Å². The molecule has 1 aliphatic carbocycles. The molecule has 1 aromatic rings. The average molecular weight is 506 g/mol. The molecule has 1 aromatic carbocycles. The highest BCUT2D eigenvalue weighted by Crippen LogP contribution is 2.31. The van der Waals surface area contributed by atoms with Crippen LogP contribution in [0.5, 0.6) is 0 Å². The van der Waals surface area contributed by atoms with Crippen molar-refractivity contribution in [2.24, 2.45) is 17.6 Å². The van der Waals surface area contributed by atoms with E-state index in [1.165, 1.54) is 12.1 Å². The van der Waals surface area contributed by atoms with E-state index in [4.69, 9.17) is 5.73 Å². The number of likely N-dealkylation sites (N-methyl/N-ethyl adjacent to an activating group) is 1. The van der Waals surface area contributed by atoms with Crippen LogP contribution in [0.25, 0.3) is 0 Å². The van der Waals surface area contributed by atoms with Crippen LogP contribution in [0.4, 0.5) is 10.1 Å². The van der Waals surface area contributed by atoms with Crippen LogP contribution in [0, 0.1) is 17.7 Å². The number of hydrogen-bond donors (Lipinski definition) is 4. The molecule has 36 heavy (non-hydrogen) atoms. The summed E-state index contributed by atoms with van der Waals surface area (Å²) >= 11 is 0. The van der Waals surface area contributed by atoms with Gasteiger partial charge in [0.2, 0.25) is 11.8 Å². The molecule has 8 nitrogen and oxygen atoms in total. The smallest absolute Gasteiger partial charge is 0.241 e. The molecule has 1 unspecified atom stereocenters. The zero-order valence-electron chi connectivity index (χ0n) is 22.2. The summed E-state index contributed by atoms with van der Waals surface area (Å²) in [5.41, 5.74) is 6.93. The first-order chi connectivity index (χ1) is 17.1. The molecule has 2 fully saturated rings. The van der Waals surface area contributed by atoms with Crippen LogP contribution in [-0.2, 0) is 9.59 Å². The van der Waals surface area contributed by atoms with E-state index in [-0.39, 0.29) is 35.8 Å². The number of halogens is 1. The monoisotopic (exact) mass is 505 g/mol. The zero-order chi connectivity index (χ0) is 26.4. The predicted molar refractivity (Wildman–Crippen MR) is 140 cm³/mol. The van der Waals surface area contributed by atoms with E-state index in [1.54, 1.807) is 13.0 Å². The SMILES string of the molecule is CCC(=O)N[C@@H](C(O)N1CCN(C)CC1)[C@@H](C)c1ccc(NC(=O)[C@@H](N)[C@H]2CC[C@H](C)CC2)c(F)c1. The lowest BCUT2D eigenvalue weighted by Crippen LogP contribution is -2.58. The highest BCUT2D eigenvalue weighted by Gasteiger charge is 2.34. The molecule has 0 radical (unpaired) electrons. The molecular weight excluding hydrogens is 461 g/mol. The highest BCUT2D eigenvalue weighted by molar-refractivity contribution is 5.95. The van der Waals surface area contributed by atoms with Crippen LogP contribution in [0.3, 0.4) is 0 Å². The van der Waals surface area contributed by atoms with Crippen molar-refractivity contribution in [3.05, 3.63) is 29.6 Å². The second kappa shape index (κ2) is 12.9. The molecule has 2 aliphatic rings. The highest BCUT2D eigenvalue weighted by atomic mass is 19.1. The number of piperazine rings is 1. The summed E-state index contributed by atoms with van der Waals surface area (Å²) in [6.45, 7) is 8.85. The standard InChI is InChI=1S/C27H44FN5O3/c1-5-23(34)31-25(27(36)33-14-12-32(4)13-15-33)18(3)20-10-11-22(21(28)16-20)30-26(35)24(29)19-8-6-17(2)7-9-19/h10-11,16-19,24-25,27,36H,5-9,12-15,29H2,1-4H3,(H,30,35)(H,31,34)/t17-,18-,19-,24-,25+,27?/m0/s1. The van der Waals surface area contributed by atoms with Gasteiger partial charge in [-0.05, 0) is 49.4 Å². The molecule has 202 valence electrons. The van der Waals surface area contributed by atoms with Crippen LogP contribution in [0.15, 0.2) is 18.2 Å². The van der Waals surface area contributed by atoms with Gasteiger partial charge in [0.1, 0.15) is 12.0 Å². The summed E-state index contributed by atoms with van der Waals surface area (Å²) in [6.07, 6.45) is 3.33. The van der Waals surface area contributed by atoms with Crippen molar-refractivity contribution in [2.45, 2.75) is 77.1 Å². The Bertz CT molecular complexity index is 884. The average Bonchev–Trinajstić information content (AvgIpc) is 2.87. The van der Waals surface area contributed by atoms with E-state index in [0.29, 0.717) is 24.6 Å². The molecule has 9 heteroatoms. The number of benzene rings is 1. The number of nitrogens with two attached hydrogens (primary N) is 1. The van der Waals surface area contributed by atoms with Crippen molar-refractivity contribution in [1.29, 1.82) is 0 Å². The first kappa shape index (κ1) is 28.5. The number of hydrogen-bond acceptors (Lipinski definition) is 6. The summed E-state index contributed by atoms with van der Waals surface area (Å²) in [5.74, 6) is -0.692. The van der Waals surface area contributed by atoms with E-state index in [1.807, 2.05) is 18.9 Å². The van der Waals surface area contributed by atoms with Gasteiger partial charge in [-0.1, -0.05) is 39.7 Å². The fourth-order valence-electron chi connectivity index (χ4n) is 5.26. The van der Waals surface area contributed by atoms with Crippen molar-refractivity contribution in [2.75, 3.05) is 38.5 Å². The van der Waals surface area contributed by atoms with Gasteiger partial charge in [0.05, 0.1) is 17.8 Å². The molecule has 1 saturated heterocycles. The number of anilines is 1. The lowest BCUT2D eigenvalue weighted by Gasteiger charge is -2.40. The number of carbonyl (C=O) groups is 2. The minimum atomic E-state index is -0.900. The van der Waals surface area contributed by atoms with Gasteiger partial charge in [-0.15, -0.1) is 0 Å². The van der Waals surface area contributed by atoms with E-state index in [9.17, 15) is 14.7 Å². The first-order valence-electron chi connectivity index (χ1n) is 13.4. The number of amides is 2. The number of aliphatic hydroxyl groups is 1. The Kier molecular flexibility index (Phi) is 10.2. The summed E-state index contributed by atoms with van der Waals surface area (Å²) in [7, 11) is 2.04. The predicted octanol–water partition coefficient (Wildman–Crippen LogP) is 2.48. The van der Waals surface area contributed by atoms with Gasteiger partial charge >= 0.3 is 0 Å². The van der Waals surface area contributed by atoms with Gasteiger partial charge in [0, 0.05) is 38.5 Å². The van der Waals surface area contributed by atoms with Gasteiger partial charge in [0.25, 0.3) is 0 Å². The molecule has 0 aromatic heterocycles. The van der Waals surface area contributed by atoms with Crippen molar-refractivity contribution < 1.29 is 19.1 Å². The van der Waals surface area contributed by atoms with Gasteiger partial charge in [-0.25, -0.2) is 4.39 Å². The molecule has 1 heterocycles. The van der Waals surface area contributed by atoms with Crippen LogP contribution < -0.4 is 16.4 Å². The summed E-state index contributed by atoms with van der Waals surface area (Å²) in [5, 5.41) is 16.8. The van der Waals surface area contributed by atoms with Gasteiger partial charge in [-0.3, -0.25) is 14.5 Å². The topological polar surface area (TPSA) is 111 Å². The molecule has 1 saturated carbocycles. The maximum atomic E-state index is 15.1. The van der Waals surface area contributed by atoms with E-state index >= 15 is 4.39 Å². The van der Waals surface area contributed by atoms with E-state index in [0.717, 1.165) is 38.8 Å². The quantitative estimate of drug-likeness (QED) is 0.410. The zero-order valence-corrected chi connectivity index (χ0v) is 22.2. The third kappa shape index (κ3) is 7.25. The van der Waals surface area contributed by atoms with Crippen molar-refractivity contribution >= 4 is 17.5 Å². The molecule has 1 aliphatic heterocycles. The van der Waals surface area contributed by atoms with Gasteiger partial charge < -0.3 is 26.4 Å². The van der Waals surface area contributed by atoms with Crippen LogP contribution in [-0.4, -0.2) is 78.3 Å². The Morgan fingerprint density at radius 2 is 1.81 bits per heavy atom. The normalized spacial score (nSPS) is 25.0. The first-order valence-corrected chi connectivity index (χ1v) is 13.4. The second-order valence-electron chi connectivity index (χ2n) is 10.8. The number of nitrogens with zero attached hydrogens (tertiary/aromatic N) is 2. The fourth-order valence-corrected chi connectivity index (χ4v) is 5.26. The van der Waals surface area contributed by atoms with Crippen molar-refractivity contribution in [3.8, 4) is 0 Å². The summed E-state index contributed by atoms with van der Waals surface area (Å²) in [6, 6.07) is 3.37. The Morgan fingerprint density at radius 3 is 2.39 bits per heavy atom. The summed E-state index contributed by atoms with van der Waals surface area (Å²) in [4.78, 5) is 29.1. The molecule has 0 bridgehead atoms. The number of nitrogens with one attached hydrogen (secondary N) is 2. The number of rotatable bonds is 9. The third-order valence-electron chi connectivity index (χ3n) is 8.07. The maximum Gasteiger partial charge on any atom is 0.241 e. The molecular formula is C27H44FN5O3. The van der Waals surface area contributed by atoms with E-state index in [2.05, 4.69) is 22.5 Å². The Hall–Kier alpha value is -2.07. The lowest BCUT2D eigenvalue weighted by molar-refractivity contribution is -0.125. The van der Waals surface area contributed by atoms with Crippen LogP contribution in [0.1, 0.15) is 64.4 Å². The fraction of sp³-hybridized carbons (Fsp3) is 0.704. The Labute approximate surface area is 214 Å². The number of aliphatic hydroxyl groups excluding tert-OH is 1. The molecule has 2 amide bonds. The summed E-state index contributed by atoms with van der Waals surface area (Å²) < 4.78 is 15.1. The second-order valence-corrected chi connectivity index (χ2v) is 10.8. The van der Waals surface area contributed by atoms with Gasteiger partial charge in [0.15, 0.2) is 0 Å². The van der Waals surface area contributed by atoms with Crippen molar-refractivity contribution in [3.63, 3.8) is 0 Å². The van der Waals surface area contributed by atoms with E-state index < -0.39 is 24.1 Å². The molecule has 3 rings (SSSR count). The molecule has 0 spiro atoms. The molecule has 4 atom stereocenters. The maximum absolute atomic E-state index is 15.1. The van der Waals surface area contributed by atoms with Crippen LogP contribution in [0.2, 0.25) is 0 Å². The minimum absolute atomic E-state index is 0.0873. The Balaban J connectivity index is 1.70. The van der Waals surface area contributed by atoms with Crippen molar-refractivity contribution in [1.82, 2.24) is 15.1 Å².